The van der Waals surface area contributed by atoms with Crippen LogP contribution in [0.2, 0.25) is 0 Å². The zero-order valence-electron chi connectivity index (χ0n) is 17.6. The molecule has 0 spiro atoms. The fourth-order valence-electron chi connectivity index (χ4n) is 3.08. The molecule has 1 saturated heterocycles. The number of benzene rings is 2. The number of likely N-dealkylation sites (N-methyl/N-ethyl adjacent to an activating group) is 1. The third-order valence-corrected chi connectivity index (χ3v) is 6.54. The highest BCUT2D eigenvalue weighted by Gasteiger charge is 2.28. The summed E-state index contributed by atoms with van der Waals surface area (Å²) < 4.78 is 12.6. The van der Waals surface area contributed by atoms with E-state index in [2.05, 4.69) is 26.0 Å². The molecule has 0 radical (unpaired) electrons. The second-order valence-corrected chi connectivity index (χ2v) is 8.85. The Balaban J connectivity index is 1.56. The zero-order valence-corrected chi connectivity index (χ0v) is 19.2. The second kappa shape index (κ2) is 10.6. The number of nitrogens with zero attached hydrogens (tertiary/aromatic N) is 1. The van der Waals surface area contributed by atoms with E-state index in [9.17, 15) is 4.79 Å². The van der Waals surface area contributed by atoms with E-state index in [-0.39, 0.29) is 5.91 Å². The van der Waals surface area contributed by atoms with Crippen molar-refractivity contribution in [1.82, 2.24) is 4.90 Å². The van der Waals surface area contributed by atoms with Crippen molar-refractivity contribution in [2.24, 2.45) is 0 Å². The molecule has 4 nitrogen and oxygen atoms in total. The van der Waals surface area contributed by atoms with Crippen LogP contribution in [0.25, 0.3) is 6.08 Å². The van der Waals surface area contributed by atoms with Crippen LogP contribution in [0.4, 0.5) is 0 Å². The largest absolute Gasteiger partial charge is 0.493 e. The van der Waals surface area contributed by atoms with Gasteiger partial charge in [0.05, 0.1) is 18.1 Å². The molecule has 3 rings (SSSR count). The van der Waals surface area contributed by atoms with E-state index in [0.29, 0.717) is 28.4 Å². The van der Waals surface area contributed by atoms with Gasteiger partial charge in [-0.15, -0.1) is 0 Å². The Bertz CT molecular complexity index is 942. The first-order valence-electron chi connectivity index (χ1n) is 10.2. The summed E-state index contributed by atoms with van der Waals surface area (Å²) in [5.74, 6) is 2.10. The van der Waals surface area contributed by atoms with Gasteiger partial charge in [0.15, 0.2) is 0 Å². The molecule has 0 aliphatic carbocycles. The molecule has 0 unspecified atom stereocenters. The molecule has 0 bridgehead atoms. The van der Waals surface area contributed by atoms with Gasteiger partial charge in [-0.1, -0.05) is 74.2 Å². The van der Waals surface area contributed by atoms with Crippen LogP contribution in [0, 0.1) is 0 Å². The van der Waals surface area contributed by atoms with Crippen molar-refractivity contribution in [3.63, 3.8) is 0 Å². The maximum atomic E-state index is 12.3. The van der Waals surface area contributed by atoms with E-state index in [0.717, 1.165) is 29.9 Å². The zero-order chi connectivity index (χ0) is 21.5. The highest BCUT2D eigenvalue weighted by molar-refractivity contribution is 8.26. The number of para-hydroxylation sites is 2. The monoisotopic (exact) mass is 441 g/mol. The Morgan fingerprint density at radius 1 is 1.07 bits per heavy atom. The summed E-state index contributed by atoms with van der Waals surface area (Å²) in [7, 11) is 1.69. The number of carbonyl (C=O) groups excluding carboxylic acids is 1. The average Bonchev–Trinajstić information content (AvgIpc) is 3.01. The van der Waals surface area contributed by atoms with Gasteiger partial charge in [-0.25, -0.2) is 0 Å². The summed E-state index contributed by atoms with van der Waals surface area (Å²) >= 11 is 6.51. The average molecular weight is 442 g/mol. The van der Waals surface area contributed by atoms with Crippen LogP contribution >= 0.6 is 24.0 Å². The molecular weight excluding hydrogens is 414 g/mol. The molecule has 0 saturated carbocycles. The maximum Gasteiger partial charge on any atom is 0.265 e. The lowest BCUT2D eigenvalue weighted by molar-refractivity contribution is -0.121. The summed E-state index contributed by atoms with van der Waals surface area (Å²) in [6, 6.07) is 15.9. The lowest BCUT2D eigenvalue weighted by atomic mass is 9.98. The minimum atomic E-state index is -0.0758. The van der Waals surface area contributed by atoms with Crippen molar-refractivity contribution in [2.45, 2.75) is 32.6 Å². The van der Waals surface area contributed by atoms with Gasteiger partial charge in [0, 0.05) is 19.0 Å². The second-order valence-electron chi connectivity index (χ2n) is 7.18. The number of rotatable bonds is 9. The fourth-order valence-corrected chi connectivity index (χ4v) is 4.25. The van der Waals surface area contributed by atoms with Gasteiger partial charge < -0.3 is 9.47 Å². The van der Waals surface area contributed by atoms with Gasteiger partial charge in [0.1, 0.15) is 15.8 Å². The molecule has 1 amide bonds. The molecule has 1 atom stereocenters. The molecule has 1 aliphatic rings. The molecule has 1 aliphatic heterocycles. The summed E-state index contributed by atoms with van der Waals surface area (Å²) in [5.41, 5.74) is 2.12. The summed E-state index contributed by atoms with van der Waals surface area (Å²) in [6.45, 7) is 5.52. The molecule has 1 heterocycles. The number of amides is 1. The highest BCUT2D eigenvalue weighted by Crippen LogP contribution is 2.33. The SMILES string of the molecule is CC[C@@H](C)c1ccccc1OCCCOc1ccccc1/C=C1\SC(=S)N(C)C1=O. The maximum absolute atomic E-state index is 12.3. The van der Waals surface area contributed by atoms with E-state index in [1.165, 1.54) is 22.2 Å². The topological polar surface area (TPSA) is 38.8 Å². The molecule has 2 aromatic carbocycles. The molecule has 158 valence electrons. The van der Waals surface area contributed by atoms with Crippen LogP contribution < -0.4 is 9.47 Å². The van der Waals surface area contributed by atoms with E-state index in [1.807, 2.05) is 42.5 Å². The van der Waals surface area contributed by atoms with Crippen LogP contribution in [0.3, 0.4) is 0 Å². The summed E-state index contributed by atoms with van der Waals surface area (Å²) in [5, 5.41) is 0. The standard InChI is InChI=1S/C24H27NO3S2/c1-4-17(2)19-11-6-8-13-21(19)28-15-9-14-27-20-12-7-5-10-18(20)16-22-23(26)25(3)24(29)30-22/h5-8,10-13,16-17H,4,9,14-15H2,1-3H3/b22-16-/t17-/m1/s1. The Morgan fingerprint density at radius 2 is 1.70 bits per heavy atom. The number of thioether (sulfide) groups is 1. The van der Waals surface area contributed by atoms with Crippen LogP contribution in [0.1, 0.15) is 43.7 Å². The molecule has 0 aromatic heterocycles. The normalized spacial score (nSPS) is 16.2. The lowest BCUT2D eigenvalue weighted by Crippen LogP contribution is -2.22. The van der Waals surface area contributed by atoms with Crippen LogP contribution in [0.5, 0.6) is 11.5 Å². The Kier molecular flexibility index (Phi) is 7.94. The quantitative estimate of drug-likeness (QED) is 0.276. The number of thiocarbonyl (C=S) groups is 1. The highest BCUT2D eigenvalue weighted by atomic mass is 32.2. The van der Waals surface area contributed by atoms with Crippen molar-refractivity contribution in [1.29, 1.82) is 0 Å². The first kappa shape index (κ1) is 22.4. The molecular formula is C24H27NO3S2. The van der Waals surface area contributed by atoms with E-state index in [1.54, 1.807) is 7.05 Å². The Labute approximate surface area is 188 Å². The third kappa shape index (κ3) is 5.43. The number of carbonyl (C=O) groups is 1. The van der Waals surface area contributed by atoms with Gasteiger partial charge in [0.25, 0.3) is 5.91 Å². The van der Waals surface area contributed by atoms with Gasteiger partial charge in [-0.2, -0.15) is 0 Å². The van der Waals surface area contributed by atoms with Crippen molar-refractivity contribution in [2.75, 3.05) is 20.3 Å². The number of hydrogen-bond acceptors (Lipinski definition) is 5. The summed E-state index contributed by atoms with van der Waals surface area (Å²) in [4.78, 5) is 14.4. The fraction of sp³-hybridized carbons (Fsp3) is 0.333. The molecule has 1 fully saturated rings. The van der Waals surface area contributed by atoms with Gasteiger partial charge in [-0.05, 0) is 36.1 Å². The molecule has 2 aromatic rings. The minimum Gasteiger partial charge on any atom is -0.493 e. The van der Waals surface area contributed by atoms with E-state index in [4.69, 9.17) is 21.7 Å². The molecule has 30 heavy (non-hydrogen) atoms. The smallest absolute Gasteiger partial charge is 0.265 e. The van der Waals surface area contributed by atoms with Crippen molar-refractivity contribution in [3.8, 4) is 11.5 Å². The van der Waals surface area contributed by atoms with Crippen LogP contribution in [-0.2, 0) is 4.79 Å². The van der Waals surface area contributed by atoms with E-state index >= 15 is 0 Å². The van der Waals surface area contributed by atoms with Crippen LogP contribution in [0.15, 0.2) is 53.4 Å². The minimum absolute atomic E-state index is 0.0758. The van der Waals surface area contributed by atoms with Gasteiger partial charge in [0.2, 0.25) is 0 Å². The Hall–Kier alpha value is -2.31. The first-order valence-corrected chi connectivity index (χ1v) is 11.4. The van der Waals surface area contributed by atoms with Crippen molar-refractivity contribution in [3.05, 3.63) is 64.6 Å². The lowest BCUT2D eigenvalue weighted by Gasteiger charge is -2.16. The predicted octanol–water partition coefficient (Wildman–Crippen LogP) is 5.88. The molecule has 0 N–H and O–H groups in total. The summed E-state index contributed by atoms with van der Waals surface area (Å²) in [6.07, 6.45) is 3.69. The number of ether oxygens (including phenoxy) is 2. The first-order chi connectivity index (χ1) is 14.5. The van der Waals surface area contributed by atoms with Crippen molar-refractivity contribution >= 4 is 40.3 Å². The van der Waals surface area contributed by atoms with Gasteiger partial charge >= 0.3 is 0 Å². The van der Waals surface area contributed by atoms with Crippen LogP contribution in [-0.4, -0.2) is 35.4 Å². The number of hydrogen-bond donors (Lipinski definition) is 0. The molecule has 6 heteroatoms. The third-order valence-electron chi connectivity index (χ3n) is 5.06. The Morgan fingerprint density at radius 3 is 2.37 bits per heavy atom. The van der Waals surface area contributed by atoms with Crippen molar-refractivity contribution < 1.29 is 14.3 Å². The van der Waals surface area contributed by atoms with E-state index < -0.39 is 0 Å². The van der Waals surface area contributed by atoms with Gasteiger partial charge in [-0.3, -0.25) is 9.69 Å². The predicted molar refractivity (Wildman–Crippen MR) is 128 cm³/mol.